The molecule has 2 heterocycles. The summed E-state index contributed by atoms with van der Waals surface area (Å²) in [5.41, 5.74) is 0.969. The maximum Gasteiger partial charge on any atom is 0.103 e. The lowest BCUT2D eigenvalue weighted by molar-refractivity contribution is 0.464. The first-order valence-corrected chi connectivity index (χ1v) is 5.35. The number of nitrogens with zero attached hydrogens (tertiary/aromatic N) is 2. The molecule has 0 fully saturated rings. The van der Waals surface area contributed by atoms with Crippen LogP contribution in [0.3, 0.4) is 0 Å². The fourth-order valence-corrected chi connectivity index (χ4v) is 1.67. The number of furan rings is 1. The molecule has 0 aliphatic rings. The lowest BCUT2D eigenvalue weighted by Crippen LogP contribution is -2.18. The molecule has 16 heavy (non-hydrogen) atoms. The van der Waals surface area contributed by atoms with Crippen LogP contribution in [0.1, 0.15) is 23.9 Å². The molecular formula is C12H15N3O. The van der Waals surface area contributed by atoms with Gasteiger partial charge in [-0.05, 0) is 25.6 Å². The van der Waals surface area contributed by atoms with Gasteiger partial charge in [-0.25, -0.2) is 0 Å². The van der Waals surface area contributed by atoms with E-state index in [1.807, 2.05) is 19.2 Å². The van der Waals surface area contributed by atoms with Gasteiger partial charge in [0, 0.05) is 25.0 Å². The molecule has 2 aromatic rings. The second-order valence-electron chi connectivity index (χ2n) is 3.59. The Morgan fingerprint density at radius 3 is 3.00 bits per heavy atom. The number of aromatic nitrogens is 2. The van der Waals surface area contributed by atoms with E-state index in [2.05, 4.69) is 15.3 Å². The molecule has 0 saturated carbocycles. The van der Waals surface area contributed by atoms with E-state index in [1.165, 1.54) is 0 Å². The SMILES string of the molecule is CNC(CCc1ccco1)c1cnccn1. The van der Waals surface area contributed by atoms with Gasteiger partial charge in [0.05, 0.1) is 18.0 Å². The third-order valence-corrected chi connectivity index (χ3v) is 2.55. The number of hydrogen-bond donors (Lipinski definition) is 1. The number of rotatable bonds is 5. The highest BCUT2D eigenvalue weighted by Crippen LogP contribution is 2.16. The van der Waals surface area contributed by atoms with Crippen molar-refractivity contribution in [2.75, 3.05) is 7.05 Å². The number of hydrogen-bond acceptors (Lipinski definition) is 4. The molecule has 0 aliphatic heterocycles. The average Bonchev–Trinajstić information content (AvgIpc) is 2.84. The van der Waals surface area contributed by atoms with Crippen LogP contribution in [0.5, 0.6) is 0 Å². The molecule has 0 spiro atoms. The Kier molecular flexibility index (Phi) is 3.66. The average molecular weight is 217 g/mol. The molecular weight excluding hydrogens is 202 g/mol. The van der Waals surface area contributed by atoms with E-state index in [0.29, 0.717) is 0 Å². The summed E-state index contributed by atoms with van der Waals surface area (Å²) in [6, 6.07) is 4.12. The monoisotopic (exact) mass is 217 g/mol. The standard InChI is InChI=1S/C12H15N3O/c1-13-11(12-9-14-6-7-15-12)5-4-10-3-2-8-16-10/h2-3,6-9,11,13H,4-5H2,1H3. The highest BCUT2D eigenvalue weighted by Gasteiger charge is 2.11. The van der Waals surface area contributed by atoms with Gasteiger partial charge in [-0.3, -0.25) is 9.97 Å². The molecule has 0 aromatic carbocycles. The van der Waals surface area contributed by atoms with E-state index < -0.39 is 0 Å². The van der Waals surface area contributed by atoms with Gasteiger partial charge in [0.1, 0.15) is 5.76 Å². The molecule has 1 atom stereocenters. The molecule has 0 amide bonds. The van der Waals surface area contributed by atoms with Crippen LogP contribution in [-0.2, 0) is 6.42 Å². The number of nitrogens with one attached hydrogen (secondary N) is 1. The quantitative estimate of drug-likeness (QED) is 0.831. The third-order valence-electron chi connectivity index (χ3n) is 2.55. The van der Waals surface area contributed by atoms with Crippen molar-refractivity contribution in [2.24, 2.45) is 0 Å². The van der Waals surface area contributed by atoms with Gasteiger partial charge in [-0.15, -0.1) is 0 Å². The Morgan fingerprint density at radius 1 is 1.44 bits per heavy atom. The summed E-state index contributed by atoms with van der Waals surface area (Å²) < 4.78 is 5.30. The Labute approximate surface area is 94.7 Å². The fraction of sp³-hybridized carbons (Fsp3) is 0.333. The summed E-state index contributed by atoms with van der Waals surface area (Å²) in [7, 11) is 1.93. The van der Waals surface area contributed by atoms with Gasteiger partial charge in [0.2, 0.25) is 0 Å². The smallest absolute Gasteiger partial charge is 0.103 e. The molecule has 2 rings (SSSR count). The first-order chi connectivity index (χ1) is 7.90. The zero-order valence-electron chi connectivity index (χ0n) is 9.26. The zero-order valence-corrected chi connectivity index (χ0v) is 9.26. The first-order valence-electron chi connectivity index (χ1n) is 5.35. The molecule has 1 unspecified atom stereocenters. The van der Waals surface area contributed by atoms with E-state index in [1.54, 1.807) is 24.9 Å². The van der Waals surface area contributed by atoms with E-state index in [4.69, 9.17) is 4.42 Å². The molecule has 1 N–H and O–H groups in total. The van der Waals surface area contributed by atoms with Crippen LogP contribution in [0.15, 0.2) is 41.4 Å². The van der Waals surface area contributed by atoms with Crippen LogP contribution in [0.4, 0.5) is 0 Å². The molecule has 84 valence electrons. The predicted octanol–water partition coefficient (Wildman–Crippen LogP) is 1.96. The molecule has 0 aliphatic carbocycles. The molecule has 0 radical (unpaired) electrons. The second-order valence-corrected chi connectivity index (χ2v) is 3.59. The van der Waals surface area contributed by atoms with Crippen molar-refractivity contribution < 1.29 is 4.42 Å². The van der Waals surface area contributed by atoms with E-state index in [0.717, 1.165) is 24.3 Å². The lowest BCUT2D eigenvalue weighted by Gasteiger charge is -2.13. The minimum atomic E-state index is 0.221. The van der Waals surface area contributed by atoms with Crippen molar-refractivity contribution in [1.82, 2.24) is 15.3 Å². The number of aryl methyl sites for hydroxylation is 1. The molecule has 4 heteroatoms. The zero-order chi connectivity index (χ0) is 11.2. The van der Waals surface area contributed by atoms with Gasteiger partial charge in [-0.2, -0.15) is 0 Å². The Hall–Kier alpha value is -1.68. The summed E-state index contributed by atoms with van der Waals surface area (Å²) in [6.45, 7) is 0. The third kappa shape index (κ3) is 2.67. The van der Waals surface area contributed by atoms with Gasteiger partial charge in [-0.1, -0.05) is 0 Å². The fourth-order valence-electron chi connectivity index (χ4n) is 1.67. The van der Waals surface area contributed by atoms with E-state index in [-0.39, 0.29) is 6.04 Å². The van der Waals surface area contributed by atoms with Crippen molar-refractivity contribution in [3.8, 4) is 0 Å². The van der Waals surface area contributed by atoms with Crippen LogP contribution < -0.4 is 5.32 Å². The van der Waals surface area contributed by atoms with E-state index >= 15 is 0 Å². The van der Waals surface area contributed by atoms with E-state index in [9.17, 15) is 0 Å². The minimum absolute atomic E-state index is 0.221. The Bertz CT molecular complexity index is 399. The van der Waals surface area contributed by atoms with Gasteiger partial charge < -0.3 is 9.73 Å². The molecule has 2 aromatic heterocycles. The highest BCUT2D eigenvalue weighted by molar-refractivity contribution is 5.04. The van der Waals surface area contributed by atoms with Gasteiger partial charge in [0.25, 0.3) is 0 Å². The summed E-state index contributed by atoms with van der Waals surface area (Å²) in [5, 5.41) is 3.24. The summed E-state index contributed by atoms with van der Waals surface area (Å²) >= 11 is 0. The van der Waals surface area contributed by atoms with Gasteiger partial charge >= 0.3 is 0 Å². The lowest BCUT2D eigenvalue weighted by atomic mass is 10.1. The topological polar surface area (TPSA) is 51.0 Å². The Morgan fingerprint density at radius 2 is 2.38 bits per heavy atom. The normalized spacial score (nSPS) is 12.6. The molecule has 0 saturated heterocycles. The predicted molar refractivity (Wildman–Crippen MR) is 60.9 cm³/mol. The van der Waals surface area contributed by atoms with Crippen LogP contribution in [0.25, 0.3) is 0 Å². The van der Waals surface area contributed by atoms with Crippen molar-refractivity contribution in [1.29, 1.82) is 0 Å². The van der Waals surface area contributed by atoms with Crippen molar-refractivity contribution in [3.05, 3.63) is 48.4 Å². The van der Waals surface area contributed by atoms with Gasteiger partial charge in [0.15, 0.2) is 0 Å². The molecule has 0 bridgehead atoms. The molecule has 4 nitrogen and oxygen atoms in total. The van der Waals surface area contributed by atoms with Crippen molar-refractivity contribution in [2.45, 2.75) is 18.9 Å². The highest BCUT2D eigenvalue weighted by atomic mass is 16.3. The largest absolute Gasteiger partial charge is 0.469 e. The second kappa shape index (κ2) is 5.42. The van der Waals surface area contributed by atoms with Crippen molar-refractivity contribution >= 4 is 0 Å². The van der Waals surface area contributed by atoms with Crippen LogP contribution in [-0.4, -0.2) is 17.0 Å². The van der Waals surface area contributed by atoms with Crippen LogP contribution >= 0.6 is 0 Å². The summed E-state index contributed by atoms with van der Waals surface area (Å²) in [4.78, 5) is 8.37. The van der Waals surface area contributed by atoms with Crippen LogP contribution in [0, 0.1) is 0 Å². The maximum atomic E-state index is 5.30. The maximum absolute atomic E-state index is 5.30. The summed E-state index contributed by atoms with van der Waals surface area (Å²) in [6.07, 6.45) is 8.74. The Balaban J connectivity index is 1.96. The van der Waals surface area contributed by atoms with Crippen LogP contribution in [0.2, 0.25) is 0 Å². The minimum Gasteiger partial charge on any atom is -0.469 e. The first kappa shape index (κ1) is 10.8. The summed E-state index contributed by atoms with van der Waals surface area (Å²) in [5.74, 6) is 1.00. The van der Waals surface area contributed by atoms with Crippen molar-refractivity contribution in [3.63, 3.8) is 0 Å².